The summed E-state index contributed by atoms with van der Waals surface area (Å²) >= 11 is 5.90. The molecule has 0 amide bonds. The molecule has 2 N–H and O–H groups in total. The van der Waals surface area contributed by atoms with Gasteiger partial charge in [0.2, 0.25) is 0 Å². The van der Waals surface area contributed by atoms with E-state index >= 15 is 0 Å². The molecule has 1 saturated carbocycles. The fraction of sp³-hybridized carbons (Fsp3) is 0.571. The highest BCUT2D eigenvalue weighted by molar-refractivity contribution is 6.32. The quantitative estimate of drug-likeness (QED) is 0.782. The molecule has 2 unspecified atom stereocenters. The molecule has 2 atom stereocenters. The Bertz CT molecular complexity index is 380. The van der Waals surface area contributed by atoms with Crippen LogP contribution >= 0.6 is 11.6 Å². The molecule has 1 aliphatic carbocycles. The van der Waals surface area contributed by atoms with Crippen LogP contribution in [0.15, 0.2) is 18.2 Å². The molecule has 0 aromatic heterocycles. The van der Waals surface area contributed by atoms with Gasteiger partial charge in [-0.2, -0.15) is 0 Å². The Morgan fingerprint density at radius 2 is 2.24 bits per heavy atom. The minimum absolute atomic E-state index is 0.146. The lowest BCUT2D eigenvalue weighted by atomic mass is 9.84. The van der Waals surface area contributed by atoms with E-state index in [1.165, 1.54) is 32.1 Å². The molecule has 1 aromatic rings. The summed E-state index contributed by atoms with van der Waals surface area (Å²) < 4.78 is 0. The van der Waals surface area contributed by atoms with Crippen molar-refractivity contribution in [3.05, 3.63) is 23.2 Å². The molecule has 1 fully saturated rings. The van der Waals surface area contributed by atoms with Crippen LogP contribution < -0.4 is 5.32 Å². The van der Waals surface area contributed by atoms with Crippen molar-refractivity contribution in [1.29, 1.82) is 0 Å². The zero-order valence-corrected chi connectivity index (χ0v) is 11.0. The number of phenolic OH excluding ortho intramolecular Hbond substituents is 1. The van der Waals surface area contributed by atoms with Gasteiger partial charge in [0, 0.05) is 11.7 Å². The number of nitrogens with one attached hydrogen (secondary N) is 1. The highest BCUT2D eigenvalue weighted by atomic mass is 35.5. The zero-order valence-electron chi connectivity index (χ0n) is 10.2. The van der Waals surface area contributed by atoms with Crippen LogP contribution in [0.25, 0.3) is 0 Å². The first-order chi connectivity index (χ1) is 8.19. The van der Waals surface area contributed by atoms with Crippen molar-refractivity contribution in [2.24, 2.45) is 5.92 Å². The Hall–Kier alpha value is -0.890. The molecule has 1 aliphatic rings. The molecule has 0 aliphatic heterocycles. The van der Waals surface area contributed by atoms with Crippen LogP contribution in [0, 0.1) is 5.92 Å². The van der Waals surface area contributed by atoms with Gasteiger partial charge in [-0.25, -0.2) is 0 Å². The summed E-state index contributed by atoms with van der Waals surface area (Å²) in [6.07, 6.45) is 6.42. The Morgan fingerprint density at radius 3 is 2.94 bits per heavy atom. The molecule has 0 saturated heterocycles. The topological polar surface area (TPSA) is 32.3 Å². The maximum Gasteiger partial charge on any atom is 0.134 e. The van der Waals surface area contributed by atoms with Gasteiger partial charge >= 0.3 is 0 Å². The molecule has 1 aromatic carbocycles. The predicted octanol–water partition coefficient (Wildman–Crippen LogP) is 4.43. The molecular weight excluding hydrogens is 234 g/mol. The van der Waals surface area contributed by atoms with Crippen molar-refractivity contribution in [2.45, 2.75) is 45.1 Å². The van der Waals surface area contributed by atoms with E-state index in [2.05, 4.69) is 12.2 Å². The molecule has 0 radical (unpaired) electrons. The van der Waals surface area contributed by atoms with E-state index in [0.717, 1.165) is 11.6 Å². The van der Waals surface area contributed by atoms with E-state index in [1.54, 1.807) is 12.1 Å². The summed E-state index contributed by atoms with van der Waals surface area (Å²) in [5, 5.41) is 13.3. The van der Waals surface area contributed by atoms with E-state index in [4.69, 9.17) is 11.6 Å². The second kappa shape index (κ2) is 5.63. The molecule has 0 spiro atoms. The Balaban J connectivity index is 1.97. The molecular formula is C14H20ClNO. The Labute approximate surface area is 108 Å². The number of halogens is 1. The smallest absolute Gasteiger partial charge is 0.134 e. The third kappa shape index (κ3) is 3.29. The number of aromatic hydroxyl groups is 1. The van der Waals surface area contributed by atoms with Gasteiger partial charge in [-0.3, -0.25) is 0 Å². The van der Waals surface area contributed by atoms with Crippen LogP contribution in [0.2, 0.25) is 5.02 Å². The van der Waals surface area contributed by atoms with Gasteiger partial charge in [-0.1, -0.05) is 37.8 Å². The molecule has 0 heterocycles. The van der Waals surface area contributed by atoms with Gasteiger partial charge in [0.25, 0.3) is 0 Å². The number of hydrogen-bond acceptors (Lipinski definition) is 2. The van der Waals surface area contributed by atoms with Crippen LogP contribution in [0.1, 0.15) is 39.0 Å². The van der Waals surface area contributed by atoms with E-state index in [0.29, 0.717) is 11.1 Å². The first-order valence-corrected chi connectivity index (χ1v) is 6.82. The average Bonchev–Trinajstić information content (AvgIpc) is 2.34. The monoisotopic (exact) mass is 253 g/mol. The Kier molecular flexibility index (Phi) is 4.16. The highest BCUT2D eigenvalue weighted by Crippen LogP contribution is 2.31. The molecule has 94 valence electrons. The van der Waals surface area contributed by atoms with E-state index in [-0.39, 0.29) is 5.75 Å². The standard InChI is InChI=1S/C14H20ClNO/c1-2-10-4-3-5-11(8-10)16-12-6-7-14(17)13(15)9-12/h6-7,9-11,16-17H,2-5,8H2,1H3. The summed E-state index contributed by atoms with van der Waals surface area (Å²) in [5.41, 5.74) is 1.01. The number of hydrogen-bond donors (Lipinski definition) is 2. The number of benzene rings is 1. The third-order valence-electron chi connectivity index (χ3n) is 3.68. The Morgan fingerprint density at radius 1 is 1.41 bits per heavy atom. The average molecular weight is 254 g/mol. The van der Waals surface area contributed by atoms with Crippen molar-refractivity contribution in [1.82, 2.24) is 0 Å². The second-order valence-electron chi connectivity index (χ2n) is 4.95. The van der Waals surface area contributed by atoms with Crippen molar-refractivity contribution >= 4 is 17.3 Å². The number of phenols is 1. The fourth-order valence-electron chi connectivity index (χ4n) is 2.63. The normalized spacial score (nSPS) is 24.6. The first kappa shape index (κ1) is 12.6. The maximum atomic E-state index is 9.37. The summed E-state index contributed by atoms with van der Waals surface area (Å²) in [6.45, 7) is 2.27. The lowest BCUT2D eigenvalue weighted by molar-refractivity contribution is 0.327. The third-order valence-corrected chi connectivity index (χ3v) is 3.98. The molecule has 2 nitrogen and oxygen atoms in total. The predicted molar refractivity (Wildman–Crippen MR) is 72.8 cm³/mol. The van der Waals surface area contributed by atoms with Gasteiger partial charge in [-0.05, 0) is 37.0 Å². The van der Waals surface area contributed by atoms with Gasteiger partial charge < -0.3 is 10.4 Å². The van der Waals surface area contributed by atoms with E-state index in [1.807, 2.05) is 6.07 Å². The molecule has 2 rings (SSSR count). The van der Waals surface area contributed by atoms with Gasteiger partial charge in [0.1, 0.15) is 5.75 Å². The summed E-state index contributed by atoms with van der Waals surface area (Å²) in [4.78, 5) is 0. The second-order valence-corrected chi connectivity index (χ2v) is 5.36. The van der Waals surface area contributed by atoms with Crippen molar-refractivity contribution in [3.8, 4) is 5.75 Å². The van der Waals surface area contributed by atoms with Crippen LogP contribution in [-0.2, 0) is 0 Å². The lowest BCUT2D eigenvalue weighted by Crippen LogP contribution is -2.26. The minimum atomic E-state index is 0.146. The largest absolute Gasteiger partial charge is 0.506 e. The van der Waals surface area contributed by atoms with Crippen LogP contribution in [0.3, 0.4) is 0 Å². The zero-order chi connectivity index (χ0) is 12.3. The van der Waals surface area contributed by atoms with Crippen molar-refractivity contribution < 1.29 is 5.11 Å². The van der Waals surface area contributed by atoms with Gasteiger partial charge in [0.05, 0.1) is 5.02 Å². The van der Waals surface area contributed by atoms with Crippen molar-refractivity contribution in [3.63, 3.8) is 0 Å². The van der Waals surface area contributed by atoms with E-state index in [9.17, 15) is 5.11 Å². The van der Waals surface area contributed by atoms with Crippen LogP contribution in [0.5, 0.6) is 5.75 Å². The molecule has 0 bridgehead atoms. The molecule has 3 heteroatoms. The maximum absolute atomic E-state index is 9.37. The highest BCUT2D eigenvalue weighted by Gasteiger charge is 2.20. The minimum Gasteiger partial charge on any atom is -0.506 e. The first-order valence-electron chi connectivity index (χ1n) is 6.44. The summed E-state index contributed by atoms with van der Waals surface area (Å²) in [6, 6.07) is 5.88. The lowest BCUT2D eigenvalue weighted by Gasteiger charge is -2.29. The van der Waals surface area contributed by atoms with E-state index < -0.39 is 0 Å². The summed E-state index contributed by atoms with van der Waals surface area (Å²) in [5.74, 6) is 1.00. The van der Waals surface area contributed by atoms with Crippen LogP contribution in [0.4, 0.5) is 5.69 Å². The van der Waals surface area contributed by atoms with Gasteiger partial charge in [0.15, 0.2) is 0 Å². The fourth-order valence-corrected chi connectivity index (χ4v) is 2.81. The molecule has 17 heavy (non-hydrogen) atoms. The number of rotatable bonds is 3. The number of anilines is 1. The van der Waals surface area contributed by atoms with Crippen molar-refractivity contribution in [2.75, 3.05) is 5.32 Å². The van der Waals surface area contributed by atoms with Gasteiger partial charge in [-0.15, -0.1) is 0 Å². The van der Waals surface area contributed by atoms with Crippen LogP contribution in [-0.4, -0.2) is 11.1 Å². The summed E-state index contributed by atoms with van der Waals surface area (Å²) in [7, 11) is 0. The SMILES string of the molecule is CCC1CCCC(Nc2ccc(O)c(Cl)c2)C1.